The molecule has 0 amide bonds. The van der Waals surface area contributed by atoms with Crippen molar-refractivity contribution in [2.24, 2.45) is 22.7 Å². The number of ether oxygens (including phenoxy) is 5. The third kappa shape index (κ3) is 3.52. The van der Waals surface area contributed by atoms with Crippen molar-refractivity contribution in [2.75, 3.05) is 13.2 Å². The molecule has 2 saturated carbocycles. The molecule has 196 valence electrons. The normalized spacial score (nSPS) is 39.6. The molecule has 10 heteroatoms. The number of ketones is 1. The maximum atomic E-state index is 14.1. The third-order valence-corrected chi connectivity index (χ3v) is 8.88. The summed E-state index contributed by atoms with van der Waals surface area (Å²) in [4.78, 5) is 50.6. The number of hydrogen-bond acceptors (Lipinski definition) is 10. The van der Waals surface area contributed by atoms with Crippen LogP contribution >= 0.6 is 0 Å². The fraction of sp³-hybridized carbons (Fsp3) is 0.692. The number of esters is 3. The van der Waals surface area contributed by atoms with E-state index in [2.05, 4.69) is 0 Å². The second kappa shape index (κ2) is 8.69. The molecule has 1 aromatic rings. The quantitative estimate of drug-likeness (QED) is 0.324. The fourth-order valence-corrected chi connectivity index (χ4v) is 7.41. The van der Waals surface area contributed by atoms with E-state index in [1.54, 1.807) is 13.0 Å². The maximum Gasteiger partial charge on any atom is 0.304 e. The van der Waals surface area contributed by atoms with Gasteiger partial charge in [0.15, 0.2) is 11.9 Å². The highest BCUT2D eigenvalue weighted by atomic mass is 16.7. The summed E-state index contributed by atoms with van der Waals surface area (Å²) in [5, 5.41) is 0. The Bertz CT molecular complexity index is 1060. The lowest BCUT2D eigenvalue weighted by atomic mass is 9.40. The van der Waals surface area contributed by atoms with E-state index >= 15 is 0 Å². The van der Waals surface area contributed by atoms with E-state index in [1.165, 1.54) is 33.3 Å². The number of Topliss-reactive ketones (excluding diaryl/α,β-unsaturated/α-hetero) is 1. The van der Waals surface area contributed by atoms with Crippen molar-refractivity contribution in [2.45, 2.75) is 77.5 Å². The van der Waals surface area contributed by atoms with E-state index in [1.807, 2.05) is 0 Å². The standard InChI is InChI=1S/C26H32O10/c1-14-21(30)22(35-16(3)28)26-13-32-23(36-17(4)29)25(14,20(26)6-5-8-24(26)12-33-24)10-19(34-15(2)27)18-7-9-31-11-18/h7,9,11,14,19-20,22-23H,5-6,8,10,12-13H2,1-4H3/t14-,19+,20-,22+,23-,24+,25-,26+/m1/s1. The highest BCUT2D eigenvalue weighted by molar-refractivity contribution is 5.90. The molecule has 1 aromatic heterocycles. The first-order valence-electron chi connectivity index (χ1n) is 12.4. The van der Waals surface area contributed by atoms with Crippen LogP contribution in [0.3, 0.4) is 0 Å². The van der Waals surface area contributed by atoms with Gasteiger partial charge in [-0.15, -0.1) is 0 Å². The lowest BCUT2D eigenvalue weighted by Crippen LogP contribution is -2.76. The first-order chi connectivity index (χ1) is 17.1. The molecule has 0 radical (unpaired) electrons. The first-order valence-corrected chi connectivity index (χ1v) is 12.4. The molecule has 2 aliphatic carbocycles. The molecule has 2 aliphatic heterocycles. The van der Waals surface area contributed by atoms with Crippen molar-refractivity contribution in [3.8, 4) is 0 Å². The Hall–Kier alpha value is -2.72. The lowest BCUT2D eigenvalue weighted by Gasteiger charge is -2.67. The molecule has 1 spiro atoms. The molecule has 2 bridgehead atoms. The average molecular weight is 505 g/mol. The first kappa shape index (κ1) is 25.0. The van der Waals surface area contributed by atoms with Crippen LogP contribution in [0.2, 0.25) is 0 Å². The van der Waals surface area contributed by atoms with E-state index in [0.717, 1.165) is 6.42 Å². The van der Waals surface area contributed by atoms with Gasteiger partial charge in [0.2, 0.25) is 6.29 Å². The smallest absolute Gasteiger partial charge is 0.304 e. The number of epoxide rings is 1. The summed E-state index contributed by atoms with van der Waals surface area (Å²) < 4.78 is 34.9. The number of rotatable bonds is 6. The van der Waals surface area contributed by atoms with Crippen molar-refractivity contribution < 1.29 is 47.3 Å². The van der Waals surface area contributed by atoms with E-state index in [0.29, 0.717) is 25.0 Å². The highest BCUT2D eigenvalue weighted by Crippen LogP contribution is 2.72. The van der Waals surface area contributed by atoms with Crippen LogP contribution in [0.5, 0.6) is 0 Å². The third-order valence-electron chi connectivity index (χ3n) is 8.88. The van der Waals surface area contributed by atoms with Crippen LogP contribution in [0, 0.1) is 22.7 Å². The molecule has 4 aliphatic rings. The van der Waals surface area contributed by atoms with Crippen molar-refractivity contribution in [3.63, 3.8) is 0 Å². The summed E-state index contributed by atoms with van der Waals surface area (Å²) in [5.74, 6) is -2.89. The van der Waals surface area contributed by atoms with Gasteiger partial charge in [0, 0.05) is 38.7 Å². The molecule has 0 unspecified atom stereocenters. The number of hydrogen-bond donors (Lipinski definition) is 0. The average Bonchev–Trinajstić information content (AvgIpc) is 3.36. The molecular weight excluding hydrogens is 472 g/mol. The van der Waals surface area contributed by atoms with Crippen LogP contribution in [0.25, 0.3) is 0 Å². The van der Waals surface area contributed by atoms with Gasteiger partial charge in [-0.05, 0) is 24.8 Å². The van der Waals surface area contributed by atoms with Gasteiger partial charge in [-0.25, -0.2) is 0 Å². The topological polar surface area (TPSA) is 131 Å². The Morgan fingerprint density at radius 1 is 1.11 bits per heavy atom. The van der Waals surface area contributed by atoms with Gasteiger partial charge in [0.25, 0.3) is 0 Å². The molecule has 3 heterocycles. The summed E-state index contributed by atoms with van der Waals surface area (Å²) in [6, 6.07) is 1.70. The zero-order valence-electron chi connectivity index (χ0n) is 20.9. The molecule has 2 saturated heterocycles. The van der Waals surface area contributed by atoms with Crippen LogP contribution in [0.4, 0.5) is 0 Å². The van der Waals surface area contributed by atoms with Crippen LogP contribution in [0.15, 0.2) is 23.0 Å². The molecule has 5 rings (SSSR count). The second-order valence-corrected chi connectivity index (χ2v) is 10.6. The molecule has 0 N–H and O–H groups in total. The molecule has 0 aromatic carbocycles. The minimum atomic E-state index is -1.07. The summed E-state index contributed by atoms with van der Waals surface area (Å²) in [6.45, 7) is 6.12. The second-order valence-electron chi connectivity index (χ2n) is 10.6. The maximum absolute atomic E-state index is 14.1. The zero-order valence-corrected chi connectivity index (χ0v) is 20.9. The molecule has 10 nitrogen and oxygen atoms in total. The summed E-state index contributed by atoms with van der Waals surface area (Å²) in [6.07, 6.45) is 2.42. The fourth-order valence-electron chi connectivity index (χ4n) is 7.41. The van der Waals surface area contributed by atoms with E-state index in [4.69, 9.17) is 28.1 Å². The van der Waals surface area contributed by atoms with Crippen LogP contribution in [0.1, 0.15) is 65.0 Å². The highest BCUT2D eigenvalue weighted by Gasteiger charge is 2.81. The molecule has 4 fully saturated rings. The Morgan fingerprint density at radius 3 is 2.42 bits per heavy atom. The number of carbonyl (C=O) groups excluding carboxylic acids is 4. The summed E-state index contributed by atoms with van der Waals surface area (Å²) in [7, 11) is 0. The van der Waals surface area contributed by atoms with Gasteiger partial charge in [-0.2, -0.15) is 0 Å². The lowest BCUT2D eigenvalue weighted by molar-refractivity contribution is -0.339. The van der Waals surface area contributed by atoms with Crippen molar-refractivity contribution in [3.05, 3.63) is 24.2 Å². The predicted octanol–water partition coefficient (Wildman–Crippen LogP) is 2.89. The Kier molecular flexibility index (Phi) is 6.02. The van der Waals surface area contributed by atoms with E-state index in [9.17, 15) is 19.2 Å². The Balaban J connectivity index is 1.69. The van der Waals surface area contributed by atoms with E-state index < -0.39 is 58.8 Å². The van der Waals surface area contributed by atoms with Gasteiger partial charge < -0.3 is 28.1 Å². The molecule has 8 atom stereocenters. The summed E-state index contributed by atoms with van der Waals surface area (Å²) in [5.41, 5.74) is -2.08. The van der Waals surface area contributed by atoms with Gasteiger partial charge in [-0.1, -0.05) is 13.3 Å². The van der Waals surface area contributed by atoms with Gasteiger partial charge in [0.1, 0.15) is 11.7 Å². The Labute approximate surface area is 208 Å². The Morgan fingerprint density at radius 2 is 1.83 bits per heavy atom. The molecular formula is C26H32O10. The van der Waals surface area contributed by atoms with Crippen LogP contribution in [-0.4, -0.2) is 54.9 Å². The number of carbonyl (C=O) groups is 4. The van der Waals surface area contributed by atoms with Crippen LogP contribution in [-0.2, 0) is 42.9 Å². The van der Waals surface area contributed by atoms with Crippen LogP contribution < -0.4 is 0 Å². The van der Waals surface area contributed by atoms with Gasteiger partial charge in [-0.3, -0.25) is 19.2 Å². The van der Waals surface area contributed by atoms with Crippen molar-refractivity contribution >= 4 is 23.7 Å². The van der Waals surface area contributed by atoms with Crippen molar-refractivity contribution in [1.29, 1.82) is 0 Å². The van der Waals surface area contributed by atoms with Gasteiger partial charge >= 0.3 is 17.9 Å². The largest absolute Gasteiger partial charge is 0.472 e. The SMILES string of the molecule is CC(=O)O[C@H]1OC[C@@]23[C@H](CCC[C@]24CO4)[C@@]1(C[C@H](OC(C)=O)c1ccoc1)[C@H](C)C(=O)[C@@H]3OC(C)=O. The molecule has 36 heavy (non-hydrogen) atoms. The predicted molar refractivity (Wildman–Crippen MR) is 120 cm³/mol. The number of furan rings is 1. The van der Waals surface area contributed by atoms with E-state index in [-0.39, 0.29) is 24.7 Å². The van der Waals surface area contributed by atoms with Gasteiger partial charge in [0.05, 0.1) is 36.6 Å². The monoisotopic (exact) mass is 504 g/mol. The van der Waals surface area contributed by atoms with Crippen molar-refractivity contribution in [1.82, 2.24) is 0 Å². The summed E-state index contributed by atoms with van der Waals surface area (Å²) >= 11 is 0. The minimum Gasteiger partial charge on any atom is -0.472 e. The zero-order chi connectivity index (χ0) is 25.9. The minimum absolute atomic E-state index is 0.0394.